The van der Waals surface area contributed by atoms with E-state index >= 15 is 0 Å². The van der Waals surface area contributed by atoms with Gasteiger partial charge in [0, 0.05) is 10.5 Å². The highest BCUT2D eigenvalue weighted by Gasteiger charge is 1.89. The molecule has 0 unspecified atom stereocenters. The molecular formula is C10H10S2. The summed E-state index contributed by atoms with van der Waals surface area (Å²) in [6, 6.07) is 8.20. The van der Waals surface area contributed by atoms with Crippen molar-refractivity contribution in [3.05, 3.63) is 29.8 Å². The highest BCUT2D eigenvalue weighted by Crippen LogP contribution is 2.14. The van der Waals surface area contributed by atoms with Gasteiger partial charge in [0.05, 0.1) is 5.75 Å². The van der Waals surface area contributed by atoms with E-state index < -0.39 is 0 Å². The first-order chi connectivity index (χ1) is 5.86. The first-order valence-electron chi connectivity index (χ1n) is 3.60. The van der Waals surface area contributed by atoms with Crippen LogP contribution in [0.25, 0.3) is 0 Å². The normalized spacial score (nSPS) is 8.83. The minimum absolute atomic E-state index is 0.615. The molecule has 0 spiro atoms. The zero-order valence-corrected chi connectivity index (χ0v) is 8.58. The van der Waals surface area contributed by atoms with E-state index in [2.05, 4.69) is 42.9 Å². The molecule has 0 fully saturated rings. The molecule has 0 saturated heterocycles. The van der Waals surface area contributed by atoms with Crippen LogP contribution in [0, 0.1) is 11.8 Å². The van der Waals surface area contributed by atoms with E-state index in [0.717, 1.165) is 5.56 Å². The van der Waals surface area contributed by atoms with Gasteiger partial charge < -0.3 is 0 Å². The average Bonchev–Trinajstić information content (AvgIpc) is 2.15. The Kier molecular flexibility index (Phi) is 4.13. The van der Waals surface area contributed by atoms with Crippen LogP contribution in [0.3, 0.4) is 0 Å². The van der Waals surface area contributed by atoms with Gasteiger partial charge >= 0.3 is 0 Å². The van der Waals surface area contributed by atoms with E-state index in [9.17, 15) is 0 Å². The molecule has 0 N–H and O–H groups in total. The Labute approximate surface area is 83.2 Å². The molecular weight excluding hydrogens is 184 g/mol. The fourth-order valence-corrected chi connectivity index (χ4v) is 1.38. The summed E-state index contributed by atoms with van der Waals surface area (Å²) in [6.07, 6.45) is 2.06. The van der Waals surface area contributed by atoms with Crippen molar-refractivity contribution in [3.63, 3.8) is 0 Å². The third kappa shape index (κ3) is 2.84. The van der Waals surface area contributed by atoms with Crippen LogP contribution in [0.1, 0.15) is 5.56 Å². The Bertz CT molecular complexity index is 307. The summed E-state index contributed by atoms with van der Waals surface area (Å²) in [6.45, 7) is 0. The quantitative estimate of drug-likeness (QED) is 0.407. The highest BCUT2D eigenvalue weighted by atomic mass is 32.2. The molecule has 12 heavy (non-hydrogen) atoms. The summed E-state index contributed by atoms with van der Waals surface area (Å²) in [5.74, 6) is 6.56. The summed E-state index contributed by atoms with van der Waals surface area (Å²) in [7, 11) is 0. The van der Waals surface area contributed by atoms with Crippen LogP contribution in [-0.2, 0) is 0 Å². The van der Waals surface area contributed by atoms with Crippen molar-refractivity contribution in [3.8, 4) is 11.8 Å². The maximum atomic E-state index is 4.02. The Hall–Kier alpha value is -0.520. The molecule has 0 atom stereocenters. The van der Waals surface area contributed by atoms with Crippen molar-refractivity contribution in [1.82, 2.24) is 0 Å². The third-order valence-corrected chi connectivity index (χ3v) is 2.26. The third-order valence-electron chi connectivity index (χ3n) is 1.38. The lowest BCUT2D eigenvalue weighted by atomic mass is 10.2. The molecule has 0 aromatic heterocycles. The van der Waals surface area contributed by atoms with Gasteiger partial charge in [-0.3, -0.25) is 0 Å². The molecule has 0 heterocycles. The van der Waals surface area contributed by atoms with Crippen molar-refractivity contribution in [1.29, 1.82) is 0 Å². The Balaban J connectivity index is 2.86. The van der Waals surface area contributed by atoms with E-state index in [-0.39, 0.29) is 0 Å². The summed E-state index contributed by atoms with van der Waals surface area (Å²) < 4.78 is 0. The van der Waals surface area contributed by atoms with Crippen molar-refractivity contribution < 1.29 is 0 Å². The lowest BCUT2D eigenvalue weighted by molar-refractivity contribution is 1.44. The zero-order chi connectivity index (χ0) is 8.81. The Morgan fingerprint density at radius 1 is 1.50 bits per heavy atom. The van der Waals surface area contributed by atoms with Gasteiger partial charge in [0.1, 0.15) is 0 Å². The molecule has 0 bridgehead atoms. The number of rotatable bonds is 1. The number of thioether (sulfide) groups is 1. The van der Waals surface area contributed by atoms with Gasteiger partial charge in [0.15, 0.2) is 0 Å². The predicted octanol–water partition coefficient (Wildman–Crippen LogP) is 2.69. The van der Waals surface area contributed by atoms with Crippen LogP contribution < -0.4 is 0 Å². The number of hydrogen-bond acceptors (Lipinski definition) is 2. The van der Waals surface area contributed by atoms with E-state index in [1.807, 2.05) is 12.1 Å². The van der Waals surface area contributed by atoms with Gasteiger partial charge in [-0.15, -0.1) is 11.8 Å². The smallest absolute Gasteiger partial charge is 0.0521 e. The molecule has 0 aliphatic carbocycles. The minimum atomic E-state index is 0.615. The molecule has 1 aromatic rings. The van der Waals surface area contributed by atoms with Gasteiger partial charge in [-0.2, -0.15) is 12.6 Å². The second kappa shape index (κ2) is 5.18. The van der Waals surface area contributed by atoms with E-state index in [4.69, 9.17) is 0 Å². The van der Waals surface area contributed by atoms with Crippen LogP contribution >= 0.6 is 24.4 Å². The fourth-order valence-electron chi connectivity index (χ4n) is 0.842. The summed E-state index contributed by atoms with van der Waals surface area (Å²) in [5.41, 5.74) is 1.07. The number of benzene rings is 1. The molecule has 0 amide bonds. The maximum Gasteiger partial charge on any atom is 0.0521 e. The van der Waals surface area contributed by atoms with Gasteiger partial charge in [0.2, 0.25) is 0 Å². The fraction of sp³-hybridized carbons (Fsp3) is 0.200. The van der Waals surface area contributed by atoms with Gasteiger partial charge in [-0.25, -0.2) is 0 Å². The first kappa shape index (κ1) is 9.57. The molecule has 1 rings (SSSR count). The first-order valence-corrected chi connectivity index (χ1v) is 5.46. The molecule has 0 nitrogen and oxygen atoms in total. The molecule has 0 aliphatic rings. The molecule has 2 heteroatoms. The number of thiol groups is 1. The summed E-state index contributed by atoms with van der Waals surface area (Å²) in [4.78, 5) is 1.25. The van der Waals surface area contributed by atoms with Gasteiger partial charge in [0.25, 0.3) is 0 Å². The molecule has 0 aliphatic heterocycles. The van der Waals surface area contributed by atoms with Crippen LogP contribution in [-0.4, -0.2) is 12.0 Å². The van der Waals surface area contributed by atoms with E-state index in [1.165, 1.54) is 4.90 Å². The Morgan fingerprint density at radius 3 is 3.00 bits per heavy atom. The lowest BCUT2D eigenvalue weighted by Crippen LogP contribution is -1.75. The van der Waals surface area contributed by atoms with Gasteiger partial charge in [-0.05, 0) is 24.5 Å². The molecule has 0 saturated carbocycles. The van der Waals surface area contributed by atoms with E-state index in [0.29, 0.717) is 5.75 Å². The monoisotopic (exact) mass is 194 g/mol. The van der Waals surface area contributed by atoms with Gasteiger partial charge in [-0.1, -0.05) is 17.9 Å². The van der Waals surface area contributed by atoms with E-state index in [1.54, 1.807) is 11.8 Å². The highest BCUT2D eigenvalue weighted by molar-refractivity contribution is 7.98. The minimum Gasteiger partial charge on any atom is -0.166 e. The topological polar surface area (TPSA) is 0 Å². The largest absolute Gasteiger partial charge is 0.166 e. The molecule has 0 radical (unpaired) electrons. The second-order valence-electron chi connectivity index (χ2n) is 2.19. The lowest BCUT2D eigenvalue weighted by Gasteiger charge is -1.94. The SMILES string of the molecule is CSc1cccc(C#CCS)c1. The predicted molar refractivity (Wildman–Crippen MR) is 59.0 cm³/mol. The Morgan fingerprint density at radius 2 is 2.33 bits per heavy atom. The van der Waals surface area contributed by atoms with Crippen molar-refractivity contribution in [2.75, 3.05) is 12.0 Å². The zero-order valence-electron chi connectivity index (χ0n) is 6.87. The van der Waals surface area contributed by atoms with Crippen LogP contribution in [0.5, 0.6) is 0 Å². The van der Waals surface area contributed by atoms with Crippen LogP contribution in [0.2, 0.25) is 0 Å². The average molecular weight is 194 g/mol. The second-order valence-corrected chi connectivity index (χ2v) is 3.39. The van der Waals surface area contributed by atoms with Crippen molar-refractivity contribution in [2.24, 2.45) is 0 Å². The summed E-state index contributed by atoms with van der Waals surface area (Å²) >= 11 is 5.75. The van der Waals surface area contributed by atoms with Crippen LogP contribution in [0.4, 0.5) is 0 Å². The van der Waals surface area contributed by atoms with Crippen molar-refractivity contribution in [2.45, 2.75) is 4.90 Å². The standard InChI is InChI=1S/C10H10S2/c1-12-10-6-2-4-9(8-10)5-3-7-11/h2,4,6,8,11H,7H2,1H3. The van der Waals surface area contributed by atoms with Crippen molar-refractivity contribution >= 4 is 24.4 Å². The summed E-state index contributed by atoms with van der Waals surface area (Å²) in [5, 5.41) is 0. The van der Waals surface area contributed by atoms with Crippen LogP contribution in [0.15, 0.2) is 29.2 Å². The molecule has 62 valence electrons. The molecule has 1 aromatic carbocycles. The number of hydrogen-bond donors (Lipinski definition) is 1. The maximum absolute atomic E-state index is 4.02.